The molecule has 0 bridgehead atoms. The molecule has 2 heterocycles. The Morgan fingerprint density at radius 2 is 1.73 bits per heavy atom. The van der Waals surface area contributed by atoms with E-state index in [4.69, 9.17) is 14.2 Å². The monoisotopic (exact) mass is 421 g/mol. The van der Waals surface area contributed by atoms with Gasteiger partial charge in [-0.05, 0) is 30.3 Å². The van der Waals surface area contributed by atoms with E-state index < -0.39 is 0 Å². The fourth-order valence-electron chi connectivity index (χ4n) is 2.99. The first-order chi connectivity index (χ1) is 14.6. The lowest BCUT2D eigenvalue weighted by atomic mass is 10.2. The molecular formula is C22H19N3O4S. The fraction of sp³-hybridized carbons (Fsp3) is 0.136. The number of rotatable bonds is 6. The van der Waals surface area contributed by atoms with Crippen LogP contribution in [0, 0.1) is 0 Å². The predicted octanol–water partition coefficient (Wildman–Crippen LogP) is 3.06. The van der Waals surface area contributed by atoms with E-state index in [1.165, 1.54) is 15.9 Å². The van der Waals surface area contributed by atoms with Gasteiger partial charge in [-0.3, -0.25) is 4.79 Å². The summed E-state index contributed by atoms with van der Waals surface area (Å²) in [5.41, 5.74) is 1.46. The smallest absolute Gasteiger partial charge is 0.291 e. The predicted molar refractivity (Wildman–Crippen MR) is 117 cm³/mol. The summed E-state index contributed by atoms with van der Waals surface area (Å²) in [4.78, 5) is 17.7. The van der Waals surface area contributed by atoms with Gasteiger partial charge in [-0.25, -0.2) is 0 Å². The van der Waals surface area contributed by atoms with E-state index in [9.17, 15) is 4.79 Å². The Kier molecular flexibility index (Phi) is 5.49. The van der Waals surface area contributed by atoms with Crippen LogP contribution in [0.4, 0.5) is 0 Å². The zero-order valence-electron chi connectivity index (χ0n) is 16.7. The van der Waals surface area contributed by atoms with Gasteiger partial charge in [0.05, 0.1) is 25.9 Å². The molecule has 4 rings (SSSR count). The highest BCUT2D eigenvalue weighted by Gasteiger charge is 2.14. The SMILES string of the molecule is COc1ccccc1/C=C/C=c1\sc2nc(-c3ccc(OC)c(OC)c3)nn2c1=O. The third-order valence-corrected chi connectivity index (χ3v) is 5.46. The minimum Gasteiger partial charge on any atom is -0.496 e. The number of ether oxygens (including phenoxy) is 3. The van der Waals surface area contributed by atoms with Gasteiger partial charge in [0.1, 0.15) is 5.75 Å². The molecule has 0 aliphatic heterocycles. The van der Waals surface area contributed by atoms with Gasteiger partial charge in [-0.2, -0.15) is 9.50 Å². The largest absolute Gasteiger partial charge is 0.496 e. The Hall–Kier alpha value is -3.65. The first-order valence-electron chi connectivity index (χ1n) is 9.08. The molecule has 0 aliphatic rings. The molecule has 0 N–H and O–H groups in total. The molecule has 0 saturated heterocycles. The standard InChI is InChI=1S/C22H19N3O4S/c1-27-16-9-5-4-7-14(16)8-6-10-19-21(26)25-22(30-19)23-20(24-25)15-11-12-17(28-2)18(13-15)29-3/h4-13H,1-3H3/b8-6+,19-10-. The summed E-state index contributed by atoms with van der Waals surface area (Å²) in [6.45, 7) is 0. The third-order valence-electron chi connectivity index (χ3n) is 4.49. The molecule has 0 spiro atoms. The topological polar surface area (TPSA) is 74.9 Å². The van der Waals surface area contributed by atoms with Crippen molar-refractivity contribution in [3.8, 4) is 28.6 Å². The molecule has 0 aliphatic carbocycles. The highest BCUT2D eigenvalue weighted by atomic mass is 32.1. The number of allylic oxidation sites excluding steroid dienone is 1. The van der Waals surface area contributed by atoms with E-state index >= 15 is 0 Å². The molecule has 8 heteroatoms. The third kappa shape index (κ3) is 3.65. The van der Waals surface area contributed by atoms with Crippen molar-refractivity contribution < 1.29 is 14.2 Å². The number of para-hydroxylation sites is 1. The van der Waals surface area contributed by atoms with Crippen molar-refractivity contribution in [2.45, 2.75) is 0 Å². The Morgan fingerprint density at radius 1 is 0.967 bits per heavy atom. The number of methoxy groups -OCH3 is 3. The summed E-state index contributed by atoms with van der Waals surface area (Å²) in [7, 11) is 4.77. The molecule has 30 heavy (non-hydrogen) atoms. The normalized spacial score (nSPS) is 12.0. The summed E-state index contributed by atoms with van der Waals surface area (Å²) < 4.78 is 17.8. The van der Waals surface area contributed by atoms with E-state index in [1.54, 1.807) is 39.5 Å². The first kappa shape index (κ1) is 19.7. The maximum absolute atomic E-state index is 12.7. The van der Waals surface area contributed by atoms with Gasteiger partial charge in [0.2, 0.25) is 4.96 Å². The molecule has 152 valence electrons. The van der Waals surface area contributed by atoms with Crippen LogP contribution in [0.3, 0.4) is 0 Å². The maximum atomic E-state index is 12.7. The Morgan fingerprint density at radius 3 is 2.47 bits per heavy atom. The molecule has 0 atom stereocenters. The van der Waals surface area contributed by atoms with Gasteiger partial charge in [-0.1, -0.05) is 41.7 Å². The van der Waals surface area contributed by atoms with Gasteiger partial charge in [0, 0.05) is 11.1 Å². The van der Waals surface area contributed by atoms with Crippen molar-refractivity contribution in [2.75, 3.05) is 21.3 Å². The molecule has 0 radical (unpaired) electrons. The number of aromatic nitrogens is 3. The van der Waals surface area contributed by atoms with Gasteiger partial charge in [-0.15, -0.1) is 5.10 Å². The quantitative estimate of drug-likeness (QED) is 0.476. The second kappa shape index (κ2) is 8.38. The lowest BCUT2D eigenvalue weighted by molar-refractivity contribution is 0.355. The number of nitrogens with zero attached hydrogens (tertiary/aromatic N) is 3. The van der Waals surface area contributed by atoms with Gasteiger partial charge >= 0.3 is 0 Å². The van der Waals surface area contributed by atoms with E-state index in [0.717, 1.165) is 16.9 Å². The average Bonchev–Trinajstić information content (AvgIpc) is 3.33. The molecule has 2 aromatic heterocycles. The summed E-state index contributed by atoms with van der Waals surface area (Å²) in [6, 6.07) is 13.1. The number of hydrogen-bond donors (Lipinski definition) is 0. The summed E-state index contributed by atoms with van der Waals surface area (Å²) >= 11 is 1.28. The van der Waals surface area contributed by atoms with Crippen LogP contribution < -0.4 is 24.3 Å². The van der Waals surface area contributed by atoms with Crippen LogP contribution in [0.15, 0.2) is 53.3 Å². The van der Waals surface area contributed by atoms with Crippen molar-refractivity contribution in [1.82, 2.24) is 14.6 Å². The number of benzene rings is 2. The van der Waals surface area contributed by atoms with Crippen molar-refractivity contribution in [3.05, 3.63) is 69.0 Å². The van der Waals surface area contributed by atoms with E-state index in [0.29, 0.717) is 26.8 Å². The van der Waals surface area contributed by atoms with Gasteiger partial charge < -0.3 is 14.2 Å². The summed E-state index contributed by atoms with van der Waals surface area (Å²) in [5.74, 6) is 2.42. The van der Waals surface area contributed by atoms with Crippen molar-refractivity contribution in [1.29, 1.82) is 0 Å². The molecular weight excluding hydrogens is 402 g/mol. The first-order valence-corrected chi connectivity index (χ1v) is 9.89. The Bertz CT molecular complexity index is 1340. The van der Waals surface area contributed by atoms with Crippen LogP contribution in [0.25, 0.3) is 28.5 Å². The minimum atomic E-state index is -0.209. The highest BCUT2D eigenvalue weighted by Crippen LogP contribution is 2.31. The molecule has 2 aromatic carbocycles. The summed E-state index contributed by atoms with van der Waals surface area (Å²) in [6.07, 6.45) is 5.47. The van der Waals surface area contributed by atoms with Crippen molar-refractivity contribution in [3.63, 3.8) is 0 Å². The molecule has 0 fully saturated rings. The van der Waals surface area contributed by atoms with Crippen LogP contribution in [0.1, 0.15) is 5.56 Å². The zero-order chi connectivity index (χ0) is 21.1. The average molecular weight is 421 g/mol. The van der Waals surface area contributed by atoms with E-state index in [2.05, 4.69) is 10.1 Å². The highest BCUT2D eigenvalue weighted by molar-refractivity contribution is 7.15. The fourth-order valence-corrected chi connectivity index (χ4v) is 3.85. The number of fused-ring (bicyclic) bond motifs is 1. The van der Waals surface area contributed by atoms with Gasteiger partial charge in [0.15, 0.2) is 17.3 Å². The number of hydrogen-bond acceptors (Lipinski definition) is 7. The Labute approximate surface area is 176 Å². The van der Waals surface area contributed by atoms with Crippen LogP contribution in [0.5, 0.6) is 17.2 Å². The molecule has 7 nitrogen and oxygen atoms in total. The van der Waals surface area contributed by atoms with Crippen LogP contribution in [0.2, 0.25) is 0 Å². The van der Waals surface area contributed by atoms with Gasteiger partial charge in [0.25, 0.3) is 5.56 Å². The Balaban J connectivity index is 1.67. The van der Waals surface area contributed by atoms with E-state index in [-0.39, 0.29) is 5.56 Å². The zero-order valence-corrected chi connectivity index (χ0v) is 17.5. The van der Waals surface area contributed by atoms with Crippen LogP contribution in [-0.4, -0.2) is 35.9 Å². The lowest BCUT2D eigenvalue weighted by Gasteiger charge is -2.07. The van der Waals surface area contributed by atoms with Crippen LogP contribution >= 0.6 is 11.3 Å². The van der Waals surface area contributed by atoms with Crippen LogP contribution in [-0.2, 0) is 0 Å². The van der Waals surface area contributed by atoms with E-state index in [1.807, 2.05) is 42.5 Å². The summed E-state index contributed by atoms with van der Waals surface area (Å²) in [5, 5.41) is 4.37. The molecule has 0 saturated carbocycles. The minimum absolute atomic E-state index is 0.209. The molecule has 4 aromatic rings. The van der Waals surface area contributed by atoms with Crippen molar-refractivity contribution in [2.24, 2.45) is 0 Å². The second-order valence-electron chi connectivity index (χ2n) is 6.24. The number of thiazole rings is 1. The maximum Gasteiger partial charge on any atom is 0.291 e. The second-order valence-corrected chi connectivity index (χ2v) is 7.25. The van der Waals surface area contributed by atoms with Crippen molar-refractivity contribution >= 4 is 28.4 Å². The molecule has 0 unspecified atom stereocenters. The lowest BCUT2D eigenvalue weighted by Crippen LogP contribution is -2.23. The molecule has 0 amide bonds.